The molecule has 0 atom stereocenters. The van der Waals surface area contributed by atoms with E-state index in [4.69, 9.17) is 0 Å². The lowest BCUT2D eigenvalue weighted by atomic mass is 10.1. The molecule has 3 rings (SSSR count). The van der Waals surface area contributed by atoms with Crippen LogP contribution < -0.4 is 0 Å². The van der Waals surface area contributed by atoms with Gasteiger partial charge < -0.3 is 5.11 Å². The number of piperidine rings is 1. The van der Waals surface area contributed by atoms with Crippen LogP contribution in [0.2, 0.25) is 0 Å². The molecule has 0 aromatic carbocycles. The van der Waals surface area contributed by atoms with Crippen LogP contribution in [0.5, 0.6) is 5.75 Å². The Bertz CT molecular complexity index is 550. The minimum Gasteiger partial charge on any atom is -0.506 e. The molecule has 0 saturated carbocycles. The standard InChI is InChI=1S/C14H17N3O/c18-13-9-16-12-5-4-6-15-14(12)11(13)10-17-7-2-1-3-8-17/h4-6,9,18H,1-3,7-8,10H2. The highest BCUT2D eigenvalue weighted by Gasteiger charge is 2.15. The molecule has 1 N–H and O–H groups in total. The molecule has 2 aromatic rings. The van der Waals surface area contributed by atoms with Gasteiger partial charge in [0.05, 0.1) is 17.2 Å². The fraction of sp³-hybridized carbons (Fsp3) is 0.429. The second-order valence-electron chi connectivity index (χ2n) is 4.83. The minimum absolute atomic E-state index is 0.256. The van der Waals surface area contributed by atoms with Crippen LogP contribution >= 0.6 is 0 Å². The SMILES string of the molecule is Oc1cnc2cccnc2c1CN1CCCCC1. The maximum Gasteiger partial charge on any atom is 0.140 e. The van der Waals surface area contributed by atoms with E-state index in [-0.39, 0.29) is 5.75 Å². The number of nitrogens with zero attached hydrogens (tertiary/aromatic N) is 3. The van der Waals surface area contributed by atoms with Crippen LogP contribution in [0.15, 0.2) is 24.5 Å². The van der Waals surface area contributed by atoms with Gasteiger partial charge in [0, 0.05) is 18.3 Å². The highest BCUT2D eigenvalue weighted by atomic mass is 16.3. The predicted molar refractivity (Wildman–Crippen MR) is 70.3 cm³/mol. The number of likely N-dealkylation sites (tertiary alicyclic amines) is 1. The molecule has 0 bridgehead atoms. The highest BCUT2D eigenvalue weighted by Crippen LogP contribution is 2.25. The van der Waals surface area contributed by atoms with Crippen LogP contribution in [0, 0.1) is 0 Å². The molecular weight excluding hydrogens is 226 g/mol. The van der Waals surface area contributed by atoms with Crippen LogP contribution in [-0.2, 0) is 6.54 Å². The Hall–Kier alpha value is -1.68. The Morgan fingerprint density at radius 3 is 2.83 bits per heavy atom. The van der Waals surface area contributed by atoms with Gasteiger partial charge in [-0.1, -0.05) is 6.42 Å². The van der Waals surface area contributed by atoms with Crippen molar-refractivity contribution in [3.63, 3.8) is 0 Å². The van der Waals surface area contributed by atoms with E-state index in [0.29, 0.717) is 0 Å². The summed E-state index contributed by atoms with van der Waals surface area (Å²) in [5.74, 6) is 0.256. The molecule has 0 aliphatic carbocycles. The maximum absolute atomic E-state index is 10.0. The van der Waals surface area contributed by atoms with Crippen molar-refractivity contribution in [3.8, 4) is 5.75 Å². The average Bonchev–Trinajstić information content (AvgIpc) is 2.43. The molecule has 1 fully saturated rings. The number of hydrogen-bond donors (Lipinski definition) is 1. The van der Waals surface area contributed by atoms with Crippen LogP contribution in [-0.4, -0.2) is 33.1 Å². The summed E-state index contributed by atoms with van der Waals surface area (Å²) in [6, 6.07) is 3.80. The average molecular weight is 243 g/mol. The van der Waals surface area contributed by atoms with Crippen LogP contribution in [0.4, 0.5) is 0 Å². The molecule has 1 saturated heterocycles. The van der Waals surface area contributed by atoms with Gasteiger partial charge in [0.2, 0.25) is 0 Å². The third-order valence-electron chi connectivity index (χ3n) is 3.54. The Balaban J connectivity index is 1.96. The number of aromatic hydroxyl groups is 1. The Morgan fingerprint density at radius 2 is 2.00 bits per heavy atom. The van der Waals surface area contributed by atoms with Gasteiger partial charge in [-0.3, -0.25) is 14.9 Å². The summed E-state index contributed by atoms with van der Waals surface area (Å²) in [6.45, 7) is 2.98. The molecule has 0 amide bonds. The largest absolute Gasteiger partial charge is 0.506 e. The molecule has 1 aliphatic heterocycles. The molecule has 18 heavy (non-hydrogen) atoms. The molecule has 0 radical (unpaired) electrons. The first kappa shape index (κ1) is 11.4. The van der Waals surface area contributed by atoms with E-state index in [9.17, 15) is 5.11 Å². The van der Waals surface area contributed by atoms with E-state index in [0.717, 1.165) is 36.2 Å². The third-order valence-corrected chi connectivity index (χ3v) is 3.54. The lowest BCUT2D eigenvalue weighted by Crippen LogP contribution is -2.29. The summed E-state index contributed by atoms with van der Waals surface area (Å²) in [5.41, 5.74) is 2.58. The first-order valence-electron chi connectivity index (χ1n) is 6.48. The summed E-state index contributed by atoms with van der Waals surface area (Å²) < 4.78 is 0. The van der Waals surface area contributed by atoms with E-state index >= 15 is 0 Å². The summed E-state index contributed by atoms with van der Waals surface area (Å²) in [4.78, 5) is 10.9. The molecule has 0 unspecified atom stereocenters. The lowest BCUT2D eigenvalue weighted by Gasteiger charge is -2.26. The first-order valence-corrected chi connectivity index (χ1v) is 6.48. The molecule has 4 nitrogen and oxygen atoms in total. The van der Waals surface area contributed by atoms with Gasteiger partial charge in [0.25, 0.3) is 0 Å². The van der Waals surface area contributed by atoms with E-state index in [1.165, 1.54) is 25.5 Å². The molecule has 2 aromatic heterocycles. The topological polar surface area (TPSA) is 49.3 Å². The van der Waals surface area contributed by atoms with Crippen molar-refractivity contribution in [2.24, 2.45) is 0 Å². The number of hydrogen-bond acceptors (Lipinski definition) is 4. The van der Waals surface area contributed by atoms with Crippen molar-refractivity contribution in [2.45, 2.75) is 25.8 Å². The van der Waals surface area contributed by atoms with E-state index in [1.807, 2.05) is 12.1 Å². The number of fused-ring (bicyclic) bond motifs is 1. The molecule has 3 heterocycles. The van der Waals surface area contributed by atoms with E-state index < -0.39 is 0 Å². The monoisotopic (exact) mass is 243 g/mol. The smallest absolute Gasteiger partial charge is 0.140 e. The summed E-state index contributed by atoms with van der Waals surface area (Å²) in [5, 5.41) is 10.0. The summed E-state index contributed by atoms with van der Waals surface area (Å²) >= 11 is 0. The number of pyridine rings is 2. The van der Waals surface area contributed by atoms with Crippen molar-refractivity contribution >= 4 is 11.0 Å². The molecule has 1 aliphatic rings. The second kappa shape index (κ2) is 4.90. The van der Waals surface area contributed by atoms with Crippen molar-refractivity contribution < 1.29 is 5.11 Å². The van der Waals surface area contributed by atoms with Gasteiger partial charge >= 0.3 is 0 Å². The van der Waals surface area contributed by atoms with Gasteiger partial charge in [-0.15, -0.1) is 0 Å². The zero-order valence-corrected chi connectivity index (χ0v) is 10.3. The summed E-state index contributed by atoms with van der Waals surface area (Å²) in [7, 11) is 0. The van der Waals surface area contributed by atoms with E-state index in [1.54, 1.807) is 6.20 Å². The third kappa shape index (κ3) is 2.16. The van der Waals surface area contributed by atoms with Crippen molar-refractivity contribution in [1.82, 2.24) is 14.9 Å². The van der Waals surface area contributed by atoms with Gasteiger partial charge in [0.15, 0.2) is 0 Å². The van der Waals surface area contributed by atoms with E-state index in [2.05, 4.69) is 14.9 Å². The number of rotatable bonds is 2. The zero-order chi connectivity index (χ0) is 12.4. The lowest BCUT2D eigenvalue weighted by molar-refractivity contribution is 0.219. The molecular formula is C14H17N3O. The van der Waals surface area contributed by atoms with Crippen molar-refractivity contribution in [3.05, 3.63) is 30.1 Å². The predicted octanol–water partition coefficient (Wildman–Crippen LogP) is 2.32. The molecule has 4 heteroatoms. The Kier molecular flexibility index (Phi) is 3.11. The number of aromatic nitrogens is 2. The van der Waals surface area contributed by atoms with Gasteiger partial charge in [-0.2, -0.15) is 0 Å². The van der Waals surface area contributed by atoms with Crippen LogP contribution in [0.1, 0.15) is 24.8 Å². The fourth-order valence-electron chi connectivity index (χ4n) is 2.56. The Morgan fingerprint density at radius 1 is 1.17 bits per heavy atom. The zero-order valence-electron chi connectivity index (χ0n) is 10.3. The van der Waals surface area contributed by atoms with Gasteiger partial charge in [-0.05, 0) is 38.1 Å². The van der Waals surface area contributed by atoms with Crippen LogP contribution in [0.25, 0.3) is 11.0 Å². The van der Waals surface area contributed by atoms with Gasteiger partial charge in [0.1, 0.15) is 5.75 Å². The molecule has 0 spiro atoms. The quantitative estimate of drug-likeness (QED) is 0.879. The van der Waals surface area contributed by atoms with Crippen molar-refractivity contribution in [2.75, 3.05) is 13.1 Å². The highest BCUT2D eigenvalue weighted by molar-refractivity contribution is 5.79. The van der Waals surface area contributed by atoms with Gasteiger partial charge in [-0.25, -0.2) is 0 Å². The minimum atomic E-state index is 0.256. The van der Waals surface area contributed by atoms with Crippen LogP contribution in [0.3, 0.4) is 0 Å². The Labute approximate surface area is 106 Å². The first-order chi connectivity index (χ1) is 8.84. The normalized spacial score (nSPS) is 17.1. The molecule has 94 valence electrons. The second-order valence-corrected chi connectivity index (χ2v) is 4.83. The summed E-state index contributed by atoms with van der Waals surface area (Å²) in [6.07, 6.45) is 7.10. The van der Waals surface area contributed by atoms with Crippen molar-refractivity contribution in [1.29, 1.82) is 0 Å². The maximum atomic E-state index is 10.0. The fourth-order valence-corrected chi connectivity index (χ4v) is 2.56.